The smallest absolute Gasteiger partial charge is 0.176 e. The summed E-state index contributed by atoms with van der Waals surface area (Å²) in [6.07, 6.45) is 3.53. The summed E-state index contributed by atoms with van der Waals surface area (Å²) in [5.41, 5.74) is 0. The fourth-order valence-electron chi connectivity index (χ4n) is 1.35. The second-order valence-corrected chi connectivity index (χ2v) is 2.88. The lowest BCUT2D eigenvalue weighted by atomic mass is 10.2. The molecule has 0 unspecified atom stereocenters. The summed E-state index contributed by atoms with van der Waals surface area (Å²) in [5.74, 6) is 0.0793. The van der Waals surface area contributed by atoms with Crippen LogP contribution < -0.4 is 9.67 Å². The average molecular weight is 159 g/mol. The van der Waals surface area contributed by atoms with Crippen LogP contribution in [0.4, 0.5) is 0 Å². The van der Waals surface area contributed by atoms with E-state index in [0.29, 0.717) is 0 Å². The van der Waals surface area contributed by atoms with Gasteiger partial charge in [0, 0.05) is 5.39 Å². The monoisotopic (exact) mass is 159 g/mol. The highest BCUT2D eigenvalue weighted by atomic mass is 16.3. The van der Waals surface area contributed by atoms with Crippen LogP contribution in [0.1, 0.15) is 0 Å². The van der Waals surface area contributed by atoms with Crippen molar-refractivity contribution in [3.8, 4) is 5.75 Å². The summed E-state index contributed by atoms with van der Waals surface area (Å²) in [6.45, 7) is 0. The van der Waals surface area contributed by atoms with Gasteiger partial charge in [0.1, 0.15) is 7.05 Å². The van der Waals surface area contributed by atoms with E-state index in [0.717, 1.165) is 10.8 Å². The summed E-state index contributed by atoms with van der Waals surface area (Å²) in [7, 11) is 1.86. The molecule has 12 heavy (non-hydrogen) atoms. The van der Waals surface area contributed by atoms with Crippen LogP contribution in [0.3, 0.4) is 0 Å². The van der Waals surface area contributed by atoms with Crippen LogP contribution >= 0.6 is 0 Å². The molecule has 1 aromatic heterocycles. The molecule has 2 nitrogen and oxygen atoms in total. The molecule has 0 saturated carbocycles. The van der Waals surface area contributed by atoms with Gasteiger partial charge in [-0.05, 0) is 17.2 Å². The van der Waals surface area contributed by atoms with Gasteiger partial charge in [0.25, 0.3) is 0 Å². The molecule has 2 rings (SSSR count). The van der Waals surface area contributed by atoms with Gasteiger partial charge in [0.2, 0.25) is 0 Å². The Hall–Kier alpha value is -1.57. The fraction of sp³-hybridized carbons (Fsp3) is 0.100. The van der Waals surface area contributed by atoms with Gasteiger partial charge in [-0.3, -0.25) is 0 Å². The third-order valence-corrected chi connectivity index (χ3v) is 1.89. The van der Waals surface area contributed by atoms with Crippen LogP contribution in [0, 0.1) is 0 Å². The molecule has 0 spiro atoms. The Morgan fingerprint density at radius 3 is 2.75 bits per heavy atom. The van der Waals surface area contributed by atoms with Crippen molar-refractivity contribution in [3.63, 3.8) is 0 Å². The standard InChI is InChI=1S/C10H9NO/c1-11-6-8-4-2-3-5-9(8)10(12)7-11/h2-7H,1H3. The van der Waals surface area contributed by atoms with E-state index >= 15 is 0 Å². The van der Waals surface area contributed by atoms with E-state index in [1.807, 2.05) is 37.5 Å². The number of pyridine rings is 1. The Kier molecular flexibility index (Phi) is 1.47. The zero-order chi connectivity index (χ0) is 8.55. The maximum absolute atomic E-state index is 11.4. The van der Waals surface area contributed by atoms with Gasteiger partial charge < -0.3 is 5.11 Å². The summed E-state index contributed by atoms with van der Waals surface area (Å²) >= 11 is 0. The molecule has 0 aliphatic carbocycles. The molecule has 1 aromatic carbocycles. The van der Waals surface area contributed by atoms with Crippen LogP contribution in [-0.4, -0.2) is 0 Å². The highest BCUT2D eigenvalue weighted by Gasteiger charge is 1.97. The first-order chi connectivity index (χ1) is 5.77. The number of nitrogens with zero attached hydrogens (tertiary/aromatic N) is 1. The molecule has 2 aromatic rings. The topological polar surface area (TPSA) is 26.9 Å². The number of hydrogen-bond acceptors (Lipinski definition) is 1. The molecule has 0 amide bonds. The van der Waals surface area contributed by atoms with Gasteiger partial charge in [0.15, 0.2) is 12.4 Å². The molecule has 0 aliphatic rings. The Morgan fingerprint density at radius 2 is 1.92 bits per heavy atom. The predicted molar refractivity (Wildman–Crippen MR) is 44.6 cm³/mol. The zero-order valence-corrected chi connectivity index (χ0v) is 6.82. The van der Waals surface area contributed by atoms with Crippen molar-refractivity contribution in [2.45, 2.75) is 0 Å². The van der Waals surface area contributed by atoms with Crippen molar-refractivity contribution in [1.29, 1.82) is 0 Å². The van der Waals surface area contributed by atoms with Gasteiger partial charge in [-0.15, -0.1) is 0 Å². The molecule has 1 heterocycles. The molecular weight excluding hydrogens is 150 g/mol. The van der Waals surface area contributed by atoms with E-state index in [9.17, 15) is 5.11 Å². The SMILES string of the molecule is C[n+]1cc([O-])c2ccccc2c1. The summed E-state index contributed by atoms with van der Waals surface area (Å²) in [5, 5.41) is 13.2. The highest BCUT2D eigenvalue weighted by molar-refractivity contribution is 5.85. The van der Waals surface area contributed by atoms with E-state index in [2.05, 4.69) is 0 Å². The fourth-order valence-corrected chi connectivity index (χ4v) is 1.35. The van der Waals surface area contributed by atoms with Crippen molar-refractivity contribution in [3.05, 3.63) is 36.7 Å². The first-order valence-electron chi connectivity index (χ1n) is 3.82. The minimum atomic E-state index is 0.0793. The molecule has 0 atom stereocenters. The minimum Gasteiger partial charge on any atom is -0.868 e. The van der Waals surface area contributed by atoms with E-state index in [1.165, 1.54) is 0 Å². The predicted octanol–water partition coefficient (Wildman–Crippen LogP) is 0.738. The van der Waals surface area contributed by atoms with Crippen LogP contribution in [0.5, 0.6) is 5.75 Å². The van der Waals surface area contributed by atoms with Gasteiger partial charge in [-0.25, -0.2) is 4.57 Å². The first-order valence-corrected chi connectivity index (χ1v) is 3.82. The van der Waals surface area contributed by atoms with Gasteiger partial charge in [-0.2, -0.15) is 0 Å². The molecule has 2 heteroatoms. The lowest BCUT2D eigenvalue weighted by Gasteiger charge is -2.06. The van der Waals surface area contributed by atoms with Crippen molar-refractivity contribution in [1.82, 2.24) is 0 Å². The second kappa shape index (κ2) is 2.48. The molecule has 0 aliphatic heterocycles. The zero-order valence-electron chi connectivity index (χ0n) is 6.82. The number of hydrogen-bond donors (Lipinski definition) is 0. The van der Waals surface area contributed by atoms with Gasteiger partial charge in [-0.1, -0.05) is 18.2 Å². The number of aromatic nitrogens is 1. The normalized spacial score (nSPS) is 10.4. The van der Waals surface area contributed by atoms with E-state index in [1.54, 1.807) is 10.8 Å². The number of rotatable bonds is 0. The van der Waals surface area contributed by atoms with Crippen molar-refractivity contribution in [2.24, 2.45) is 7.05 Å². The van der Waals surface area contributed by atoms with Crippen LogP contribution in [-0.2, 0) is 7.05 Å². The summed E-state index contributed by atoms with van der Waals surface area (Å²) < 4.78 is 1.78. The molecule has 0 bridgehead atoms. The Morgan fingerprint density at radius 1 is 1.17 bits per heavy atom. The Bertz CT molecular complexity index is 423. The third kappa shape index (κ3) is 1.01. The number of aryl methyl sites for hydroxylation is 1. The molecular formula is C10H9NO. The van der Waals surface area contributed by atoms with E-state index in [4.69, 9.17) is 0 Å². The lowest BCUT2D eigenvalue weighted by molar-refractivity contribution is -0.672. The lowest BCUT2D eigenvalue weighted by Crippen LogP contribution is -2.27. The van der Waals surface area contributed by atoms with Crippen molar-refractivity contribution < 1.29 is 9.67 Å². The quantitative estimate of drug-likeness (QED) is 0.521. The number of benzene rings is 1. The molecule has 60 valence electrons. The minimum absolute atomic E-state index is 0.0793. The maximum Gasteiger partial charge on any atom is 0.176 e. The van der Waals surface area contributed by atoms with Crippen LogP contribution in [0.15, 0.2) is 36.7 Å². The first kappa shape index (κ1) is 7.10. The third-order valence-electron chi connectivity index (χ3n) is 1.89. The molecule has 0 saturated heterocycles. The highest BCUT2D eigenvalue weighted by Crippen LogP contribution is 2.18. The van der Waals surface area contributed by atoms with Crippen LogP contribution in [0.25, 0.3) is 10.8 Å². The molecule has 0 fully saturated rings. The second-order valence-electron chi connectivity index (χ2n) is 2.88. The summed E-state index contributed by atoms with van der Waals surface area (Å²) in [6, 6.07) is 7.60. The van der Waals surface area contributed by atoms with E-state index < -0.39 is 0 Å². The van der Waals surface area contributed by atoms with Crippen molar-refractivity contribution in [2.75, 3.05) is 0 Å². The van der Waals surface area contributed by atoms with Gasteiger partial charge in [0.05, 0.1) is 0 Å². The van der Waals surface area contributed by atoms with Crippen molar-refractivity contribution >= 4 is 10.8 Å². The molecule has 0 N–H and O–H groups in total. The summed E-state index contributed by atoms with van der Waals surface area (Å²) in [4.78, 5) is 0. The largest absolute Gasteiger partial charge is 0.868 e. The molecule has 0 radical (unpaired) electrons. The van der Waals surface area contributed by atoms with Gasteiger partial charge >= 0.3 is 0 Å². The van der Waals surface area contributed by atoms with Crippen LogP contribution in [0.2, 0.25) is 0 Å². The maximum atomic E-state index is 11.4. The Labute approximate surface area is 70.7 Å². The average Bonchev–Trinajstić information content (AvgIpc) is 2.04. The van der Waals surface area contributed by atoms with E-state index in [-0.39, 0.29) is 5.75 Å². The Balaban J connectivity index is 2.89. The number of fused-ring (bicyclic) bond motifs is 1.